The number of H-pyrrole nitrogens is 1. The standard InChI is InChI=1S/C13H9NOS2/c15-13-14-12-10(16-13)6-8-5-7-3-1-2-4-9(7)11(8)17-12/h1-4,6,11H,5H2,(H,14,15)/t11-/m0/s1. The Labute approximate surface area is 106 Å². The van der Waals surface area contributed by atoms with Crippen LogP contribution in [0.3, 0.4) is 0 Å². The lowest BCUT2D eigenvalue weighted by Gasteiger charge is -2.17. The maximum Gasteiger partial charge on any atom is 0.305 e. The number of nitrogens with one attached hydrogen (secondary N) is 1. The van der Waals surface area contributed by atoms with E-state index in [0.717, 1.165) is 16.3 Å². The van der Waals surface area contributed by atoms with Gasteiger partial charge in [-0.1, -0.05) is 47.4 Å². The average molecular weight is 259 g/mol. The van der Waals surface area contributed by atoms with Crippen molar-refractivity contribution in [3.63, 3.8) is 0 Å². The first-order valence-corrected chi connectivity index (χ1v) is 7.19. The number of thioether (sulfide) groups is 1. The molecular weight excluding hydrogens is 250 g/mol. The normalized spacial score (nSPS) is 20.5. The lowest BCUT2D eigenvalue weighted by molar-refractivity contribution is 1.09. The molecule has 84 valence electrons. The molecule has 1 aliphatic heterocycles. The summed E-state index contributed by atoms with van der Waals surface area (Å²) in [6, 6.07) is 8.59. The molecule has 2 nitrogen and oxygen atoms in total. The minimum absolute atomic E-state index is 0.0487. The van der Waals surface area contributed by atoms with E-state index in [9.17, 15) is 4.79 Å². The summed E-state index contributed by atoms with van der Waals surface area (Å²) in [5, 5.41) is 1.44. The molecule has 0 amide bonds. The van der Waals surface area contributed by atoms with Crippen molar-refractivity contribution in [1.82, 2.24) is 4.98 Å². The van der Waals surface area contributed by atoms with Crippen LogP contribution in [0, 0.1) is 0 Å². The van der Waals surface area contributed by atoms with Crippen LogP contribution in [0.4, 0.5) is 0 Å². The second kappa shape index (κ2) is 3.37. The SMILES string of the molecule is O=c1[nH]c2c(s1)C=C1Cc3ccccc3[C@H]1S2. The van der Waals surface area contributed by atoms with Gasteiger partial charge in [-0.2, -0.15) is 0 Å². The Kier molecular flexibility index (Phi) is 1.93. The zero-order chi connectivity index (χ0) is 11.4. The smallest absolute Gasteiger partial charge is 0.305 e. The molecule has 1 aromatic carbocycles. The largest absolute Gasteiger partial charge is 0.307 e. The highest BCUT2D eigenvalue weighted by atomic mass is 32.2. The molecular formula is C13H9NOS2. The molecule has 0 unspecified atom stereocenters. The topological polar surface area (TPSA) is 32.9 Å². The van der Waals surface area contributed by atoms with Gasteiger partial charge in [-0.25, -0.2) is 0 Å². The quantitative estimate of drug-likeness (QED) is 0.788. The van der Waals surface area contributed by atoms with E-state index in [4.69, 9.17) is 0 Å². The number of aromatic nitrogens is 1. The minimum Gasteiger partial charge on any atom is -0.307 e. The van der Waals surface area contributed by atoms with Gasteiger partial charge in [-0.3, -0.25) is 4.79 Å². The summed E-state index contributed by atoms with van der Waals surface area (Å²) < 4.78 is 0. The molecule has 0 radical (unpaired) electrons. The van der Waals surface area contributed by atoms with Gasteiger partial charge in [0.2, 0.25) is 0 Å². The zero-order valence-electron chi connectivity index (χ0n) is 8.90. The minimum atomic E-state index is 0.0487. The van der Waals surface area contributed by atoms with E-state index in [-0.39, 0.29) is 4.87 Å². The maximum atomic E-state index is 11.3. The predicted molar refractivity (Wildman–Crippen MR) is 71.7 cm³/mol. The molecule has 0 saturated heterocycles. The highest BCUT2D eigenvalue weighted by Crippen LogP contribution is 2.52. The number of benzene rings is 1. The van der Waals surface area contributed by atoms with Gasteiger partial charge in [0.15, 0.2) is 0 Å². The molecule has 0 spiro atoms. The van der Waals surface area contributed by atoms with Crippen molar-refractivity contribution in [2.75, 3.05) is 0 Å². The first kappa shape index (κ1) is 9.74. The number of fused-ring (bicyclic) bond motifs is 4. The Hall–Kier alpha value is -1.26. The summed E-state index contributed by atoms with van der Waals surface area (Å²) in [6.07, 6.45) is 3.22. The van der Waals surface area contributed by atoms with E-state index >= 15 is 0 Å². The van der Waals surface area contributed by atoms with E-state index in [2.05, 4.69) is 35.3 Å². The molecule has 17 heavy (non-hydrogen) atoms. The third kappa shape index (κ3) is 1.37. The van der Waals surface area contributed by atoms with Crippen LogP contribution >= 0.6 is 23.1 Å². The molecule has 4 rings (SSSR count). The molecule has 0 bridgehead atoms. The number of hydrogen-bond acceptors (Lipinski definition) is 3. The van der Waals surface area contributed by atoms with Crippen molar-refractivity contribution < 1.29 is 0 Å². The Balaban J connectivity index is 1.89. The fourth-order valence-electron chi connectivity index (χ4n) is 2.52. The Morgan fingerprint density at radius 1 is 1.29 bits per heavy atom. The van der Waals surface area contributed by atoms with Crippen molar-refractivity contribution in [2.24, 2.45) is 0 Å². The summed E-state index contributed by atoms with van der Waals surface area (Å²) in [7, 11) is 0. The first-order valence-electron chi connectivity index (χ1n) is 5.49. The molecule has 0 saturated carbocycles. The number of rotatable bonds is 0. The fourth-order valence-corrected chi connectivity index (χ4v) is 4.79. The molecule has 2 aliphatic rings. The Morgan fingerprint density at radius 3 is 3.12 bits per heavy atom. The number of hydrogen-bond donors (Lipinski definition) is 1. The number of thiazole rings is 1. The van der Waals surface area contributed by atoms with Gasteiger partial charge in [-0.05, 0) is 29.2 Å². The maximum absolute atomic E-state index is 11.3. The lowest BCUT2D eigenvalue weighted by atomic mass is 10.1. The van der Waals surface area contributed by atoms with Gasteiger partial charge in [0.25, 0.3) is 0 Å². The van der Waals surface area contributed by atoms with Crippen molar-refractivity contribution >= 4 is 29.2 Å². The van der Waals surface area contributed by atoms with Crippen molar-refractivity contribution in [1.29, 1.82) is 0 Å². The summed E-state index contributed by atoms with van der Waals surface area (Å²) in [5.74, 6) is 0. The monoisotopic (exact) mass is 259 g/mol. The second-order valence-electron chi connectivity index (χ2n) is 4.30. The number of aromatic amines is 1. The van der Waals surface area contributed by atoms with Crippen LogP contribution in [0.5, 0.6) is 0 Å². The van der Waals surface area contributed by atoms with Crippen LogP contribution < -0.4 is 4.87 Å². The predicted octanol–water partition coefficient (Wildman–Crippen LogP) is 3.22. The highest BCUT2D eigenvalue weighted by molar-refractivity contribution is 8.00. The van der Waals surface area contributed by atoms with Gasteiger partial charge >= 0.3 is 4.87 Å². The van der Waals surface area contributed by atoms with Crippen LogP contribution in [-0.2, 0) is 6.42 Å². The second-order valence-corrected chi connectivity index (χ2v) is 6.43. The summed E-state index contributed by atoms with van der Waals surface area (Å²) in [4.78, 5) is 15.4. The molecule has 1 N–H and O–H groups in total. The van der Waals surface area contributed by atoms with Gasteiger partial charge in [0, 0.05) is 0 Å². The average Bonchev–Trinajstić information content (AvgIpc) is 2.84. The van der Waals surface area contributed by atoms with E-state index in [1.807, 2.05) is 0 Å². The molecule has 2 heterocycles. The Bertz CT molecular complexity index is 695. The van der Waals surface area contributed by atoms with Crippen molar-refractivity contribution in [3.05, 3.63) is 55.5 Å². The summed E-state index contributed by atoms with van der Waals surface area (Å²) >= 11 is 3.09. The fraction of sp³-hybridized carbons (Fsp3) is 0.154. The molecule has 0 fully saturated rings. The van der Waals surface area contributed by atoms with E-state index < -0.39 is 0 Å². The Morgan fingerprint density at radius 2 is 2.18 bits per heavy atom. The van der Waals surface area contributed by atoms with Gasteiger partial charge in [0.1, 0.15) is 0 Å². The van der Waals surface area contributed by atoms with Crippen LogP contribution in [0.1, 0.15) is 21.3 Å². The van der Waals surface area contributed by atoms with Gasteiger partial charge < -0.3 is 4.98 Å². The zero-order valence-corrected chi connectivity index (χ0v) is 10.5. The summed E-state index contributed by atoms with van der Waals surface area (Å²) in [5.41, 5.74) is 4.26. The summed E-state index contributed by atoms with van der Waals surface area (Å²) in [6.45, 7) is 0. The van der Waals surface area contributed by atoms with Crippen molar-refractivity contribution in [3.8, 4) is 0 Å². The van der Waals surface area contributed by atoms with Crippen molar-refractivity contribution in [2.45, 2.75) is 16.7 Å². The van der Waals surface area contributed by atoms with Crippen LogP contribution in [-0.4, -0.2) is 4.98 Å². The van der Waals surface area contributed by atoms with E-state index in [1.54, 1.807) is 11.8 Å². The van der Waals surface area contributed by atoms with Gasteiger partial charge in [0.05, 0.1) is 15.2 Å². The molecule has 4 heteroatoms. The molecule has 1 aromatic heterocycles. The van der Waals surface area contributed by atoms with Crippen LogP contribution in [0.15, 0.2) is 39.7 Å². The molecule has 1 atom stereocenters. The van der Waals surface area contributed by atoms with Crippen LogP contribution in [0.2, 0.25) is 0 Å². The van der Waals surface area contributed by atoms with E-state index in [1.165, 1.54) is 28.0 Å². The lowest BCUT2D eigenvalue weighted by Crippen LogP contribution is -1.98. The third-order valence-corrected chi connectivity index (χ3v) is 5.57. The highest BCUT2D eigenvalue weighted by Gasteiger charge is 2.32. The van der Waals surface area contributed by atoms with E-state index in [0.29, 0.717) is 5.25 Å². The third-order valence-electron chi connectivity index (χ3n) is 3.26. The first-order chi connectivity index (χ1) is 8.31. The molecule has 1 aliphatic carbocycles. The molecule has 2 aromatic rings. The van der Waals surface area contributed by atoms with Crippen LogP contribution in [0.25, 0.3) is 6.08 Å². The van der Waals surface area contributed by atoms with Gasteiger partial charge in [-0.15, -0.1) is 0 Å².